The Kier molecular flexibility index (Phi) is 11.1. The molecule has 0 spiro atoms. The van der Waals surface area contributed by atoms with Gasteiger partial charge in [-0.15, -0.1) is 0 Å². The fraction of sp³-hybridized carbons (Fsp3) is 0.552. The van der Waals surface area contributed by atoms with Crippen molar-refractivity contribution in [3.63, 3.8) is 0 Å². The Balaban J connectivity index is 1.68. The molecule has 1 amide bonds. The Morgan fingerprint density at radius 2 is 1.62 bits per heavy atom. The monoisotopic (exact) mass is 528 g/mol. The smallest absolute Gasteiger partial charge is 0.251 e. The van der Waals surface area contributed by atoms with E-state index in [1.807, 2.05) is 49.4 Å². The summed E-state index contributed by atoms with van der Waals surface area (Å²) in [6, 6.07) is 18.0. The van der Waals surface area contributed by atoms with Crippen molar-refractivity contribution in [1.29, 1.82) is 0 Å². The van der Waals surface area contributed by atoms with Gasteiger partial charge in [0, 0.05) is 50.2 Å². The minimum Gasteiger partial charge on any atom is -0.351 e. The summed E-state index contributed by atoms with van der Waals surface area (Å²) in [6.07, 6.45) is 1.96. The molecule has 8 heteroatoms. The van der Waals surface area contributed by atoms with E-state index in [-0.39, 0.29) is 17.1 Å². The summed E-state index contributed by atoms with van der Waals surface area (Å²) in [5.41, 5.74) is 2.51. The number of piperidine rings is 1. The molecule has 0 saturated carbocycles. The van der Waals surface area contributed by atoms with Crippen LogP contribution in [0.1, 0.15) is 61.5 Å². The number of amides is 1. The number of benzene rings is 2. The largest absolute Gasteiger partial charge is 0.351 e. The van der Waals surface area contributed by atoms with E-state index < -0.39 is 10.0 Å². The third kappa shape index (κ3) is 7.87. The molecule has 37 heavy (non-hydrogen) atoms. The molecule has 204 valence electrons. The minimum atomic E-state index is -3.23. The van der Waals surface area contributed by atoms with Gasteiger partial charge in [0.05, 0.1) is 5.75 Å². The summed E-state index contributed by atoms with van der Waals surface area (Å²) < 4.78 is 26.9. The molecule has 2 aromatic carbocycles. The number of hydrogen-bond acceptors (Lipinski definition) is 5. The van der Waals surface area contributed by atoms with E-state index in [4.69, 9.17) is 0 Å². The van der Waals surface area contributed by atoms with E-state index in [9.17, 15) is 13.2 Å². The number of hydrogen-bond donors (Lipinski definition) is 2. The Morgan fingerprint density at radius 1 is 0.973 bits per heavy atom. The van der Waals surface area contributed by atoms with Crippen molar-refractivity contribution in [1.82, 2.24) is 19.8 Å². The predicted molar refractivity (Wildman–Crippen MR) is 151 cm³/mol. The fourth-order valence-electron chi connectivity index (χ4n) is 5.18. The van der Waals surface area contributed by atoms with Crippen molar-refractivity contribution in [3.8, 4) is 0 Å². The number of sulfonamides is 1. The van der Waals surface area contributed by atoms with Crippen LogP contribution in [-0.4, -0.2) is 75.1 Å². The molecule has 1 fully saturated rings. The van der Waals surface area contributed by atoms with Gasteiger partial charge in [-0.05, 0) is 49.5 Å². The fourth-order valence-corrected chi connectivity index (χ4v) is 6.69. The SMILES string of the molecule is CCCS(=O)(=O)N1CCC(CNC(=O)c2ccccc2CNCCN(CC)CC)(c2ccccc2)CC1. The maximum Gasteiger partial charge on any atom is 0.251 e. The van der Waals surface area contributed by atoms with Crippen LogP contribution < -0.4 is 10.6 Å². The van der Waals surface area contributed by atoms with Crippen molar-refractivity contribution in [2.75, 3.05) is 51.6 Å². The molecule has 0 bridgehead atoms. The molecule has 0 atom stereocenters. The second-order valence-electron chi connectivity index (χ2n) is 9.90. The molecule has 1 heterocycles. The molecule has 1 aliphatic rings. The predicted octanol–water partition coefficient (Wildman–Crippen LogP) is 3.62. The van der Waals surface area contributed by atoms with Crippen LogP contribution in [0.25, 0.3) is 0 Å². The van der Waals surface area contributed by atoms with Crippen LogP contribution in [0.15, 0.2) is 54.6 Å². The molecular weight excluding hydrogens is 484 g/mol. The van der Waals surface area contributed by atoms with Crippen molar-refractivity contribution < 1.29 is 13.2 Å². The van der Waals surface area contributed by atoms with E-state index >= 15 is 0 Å². The molecule has 0 unspecified atom stereocenters. The van der Waals surface area contributed by atoms with Crippen molar-refractivity contribution in [2.45, 2.75) is 52.0 Å². The first kappa shape index (κ1) is 29.3. The molecule has 1 aliphatic heterocycles. The highest BCUT2D eigenvalue weighted by atomic mass is 32.2. The van der Waals surface area contributed by atoms with Gasteiger partial charge < -0.3 is 15.5 Å². The third-order valence-electron chi connectivity index (χ3n) is 7.59. The normalized spacial score (nSPS) is 16.1. The van der Waals surface area contributed by atoms with E-state index in [0.29, 0.717) is 51.0 Å². The van der Waals surface area contributed by atoms with Crippen molar-refractivity contribution in [3.05, 3.63) is 71.3 Å². The Bertz CT molecular complexity index is 1080. The van der Waals surface area contributed by atoms with Crippen LogP contribution in [0, 0.1) is 0 Å². The van der Waals surface area contributed by atoms with Gasteiger partial charge >= 0.3 is 0 Å². The summed E-state index contributed by atoms with van der Waals surface area (Å²) in [4.78, 5) is 15.7. The minimum absolute atomic E-state index is 0.0857. The van der Waals surface area contributed by atoms with Gasteiger partial charge in [-0.3, -0.25) is 4.79 Å². The van der Waals surface area contributed by atoms with Gasteiger partial charge in [0.2, 0.25) is 10.0 Å². The highest BCUT2D eigenvalue weighted by Gasteiger charge is 2.39. The molecule has 2 aromatic rings. The van der Waals surface area contributed by atoms with Crippen LogP contribution in [0.4, 0.5) is 0 Å². The second-order valence-corrected chi connectivity index (χ2v) is 12.0. The number of nitrogens with one attached hydrogen (secondary N) is 2. The summed E-state index contributed by atoms with van der Waals surface area (Å²) >= 11 is 0. The lowest BCUT2D eigenvalue weighted by Gasteiger charge is -2.42. The van der Waals surface area contributed by atoms with Crippen LogP contribution in [0.3, 0.4) is 0 Å². The first-order valence-electron chi connectivity index (χ1n) is 13.7. The molecule has 3 rings (SSSR count). The van der Waals surface area contributed by atoms with Crippen molar-refractivity contribution in [2.24, 2.45) is 0 Å². The average Bonchev–Trinajstić information content (AvgIpc) is 2.93. The van der Waals surface area contributed by atoms with Gasteiger partial charge in [0.15, 0.2) is 0 Å². The zero-order valence-corrected chi connectivity index (χ0v) is 23.5. The van der Waals surface area contributed by atoms with E-state index in [1.165, 1.54) is 0 Å². The van der Waals surface area contributed by atoms with Gasteiger partial charge in [-0.25, -0.2) is 12.7 Å². The zero-order chi connectivity index (χ0) is 26.7. The lowest BCUT2D eigenvalue weighted by molar-refractivity contribution is 0.0932. The molecule has 0 aromatic heterocycles. The van der Waals surface area contributed by atoms with Gasteiger partial charge in [-0.2, -0.15) is 0 Å². The number of carbonyl (C=O) groups is 1. The standard InChI is InChI=1S/C29H44N4O3S/c1-4-22-37(35,36)33-19-16-29(17-20-33,26-13-8-7-9-14-26)24-31-28(34)27-15-11-10-12-25(27)23-30-18-21-32(5-2)6-3/h7-15,30H,4-6,16-24H2,1-3H3,(H,31,34). The summed E-state index contributed by atoms with van der Waals surface area (Å²) in [6.45, 7) is 12.2. The van der Waals surface area contributed by atoms with Crippen LogP contribution in [0.5, 0.6) is 0 Å². The topological polar surface area (TPSA) is 81.8 Å². The maximum atomic E-state index is 13.4. The number of rotatable bonds is 14. The average molecular weight is 529 g/mol. The van der Waals surface area contributed by atoms with E-state index in [1.54, 1.807) is 4.31 Å². The number of carbonyl (C=O) groups excluding carboxylic acids is 1. The molecule has 1 saturated heterocycles. The van der Waals surface area contributed by atoms with E-state index in [2.05, 4.69) is 41.5 Å². The third-order valence-corrected chi connectivity index (χ3v) is 9.66. The Hall–Kier alpha value is -2.26. The van der Waals surface area contributed by atoms with Crippen LogP contribution in [-0.2, 0) is 22.0 Å². The zero-order valence-electron chi connectivity index (χ0n) is 22.7. The van der Waals surface area contributed by atoms with Crippen LogP contribution >= 0.6 is 0 Å². The molecule has 2 N–H and O–H groups in total. The Morgan fingerprint density at radius 3 is 2.27 bits per heavy atom. The molecular formula is C29H44N4O3S. The molecule has 0 radical (unpaired) electrons. The lowest BCUT2D eigenvalue weighted by Crippen LogP contribution is -2.50. The van der Waals surface area contributed by atoms with E-state index in [0.717, 1.165) is 37.3 Å². The van der Waals surface area contributed by atoms with Gasteiger partial charge in [0.1, 0.15) is 0 Å². The molecule has 0 aliphatic carbocycles. The van der Waals surface area contributed by atoms with Gasteiger partial charge in [0.25, 0.3) is 5.91 Å². The summed E-state index contributed by atoms with van der Waals surface area (Å²) in [5.74, 6) is 0.0967. The quantitative estimate of drug-likeness (QED) is 0.366. The number of likely N-dealkylation sites (N-methyl/N-ethyl adjacent to an activating group) is 1. The first-order valence-corrected chi connectivity index (χ1v) is 15.3. The number of nitrogens with zero attached hydrogens (tertiary/aromatic N) is 2. The highest BCUT2D eigenvalue weighted by molar-refractivity contribution is 7.89. The summed E-state index contributed by atoms with van der Waals surface area (Å²) in [7, 11) is -3.23. The summed E-state index contributed by atoms with van der Waals surface area (Å²) in [5, 5.41) is 6.69. The first-order chi connectivity index (χ1) is 17.8. The van der Waals surface area contributed by atoms with Crippen LogP contribution in [0.2, 0.25) is 0 Å². The maximum absolute atomic E-state index is 13.4. The highest BCUT2D eigenvalue weighted by Crippen LogP contribution is 2.36. The Labute approximate surface area is 223 Å². The van der Waals surface area contributed by atoms with Gasteiger partial charge in [-0.1, -0.05) is 69.3 Å². The molecule has 7 nitrogen and oxygen atoms in total. The second kappa shape index (κ2) is 14.0. The van der Waals surface area contributed by atoms with Crippen molar-refractivity contribution >= 4 is 15.9 Å². The lowest BCUT2D eigenvalue weighted by atomic mass is 9.73.